The van der Waals surface area contributed by atoms with Crippen molar-refractivity contribution < 1.29 is 9.59 Å². The Balaban J connectivity index is 1.59. The van der Waals surface area contributed by atoms with Crippen molar-refractivity contribution in [2.45, 2.75) is 0 Å². The highest BCUT2D eigenvalue weighted by Gasteiger charge is 2.34. The van der Waals surface area contributed by atoms with Gasteiger partial charge in [0.25, 0.3) is 11.8 Å². The minimum Gasteiger partial charge on any atom is -0.267 e. The van der Waals surface area contributed by atoms with E-state index in [2.05, 4.69) is 33.0 Å². The largest absolute Gasteiger partial charge is 0.282 e. The Morgan fingerprint density at radius 2 is 1.67 bits per heavy atom. The van der Waals surface area contributed by atoms with E-state index in [4.69, 9.17) is 0 Å². The molecule has 0 saturated carbocycles. The van der Waals surface area contributed by atoms with E-state index in [1.165, 1.54) is 5.01 Å². The van der Waals surface area contributed by atoms with Gasteiger partial charge >= 0.3 is 0 Å². The second-order valence-corrected chi connectivity index (χ2v) is 7.20. The number of pyridine rings is 1. The average Bonchev–Trinajstić information content (AvgIpc) is 2.98. The van der Waals surface area contributed by atoms with Crippen LogP contribution in [0, 0.1) is 3.57 Å². The molecule has 4 rings (SSSR count). The van der Waals surface area contributed by atoms with Crippen molar-refractivity contribution in [2.24, 2.45) is 0 Å². The molecule has 0 bridgehead atoms. The second-order valence-electron chi connectivity index (χ2n) is 5.95. The Bertz CT molecular complexity index is 1030. The summed E-state index contributed by atoms with van der Waals surface area (Å²) in [6.45, 7) is 0. The number of carbonyl (C=O) groups excluding carboxylic acids is 2. The molecule has 0 atom stereocenters. The molecule has 0 spiro atoms. The van der Waals surface area contributed by atoms with Crippen molar-refractivity contribution in [3.8, 4) is 11.3 Å². The van der Waals surface area contributed by atoms with E-state index in [1.54, 1.807) is 24.4 Å². The topological polar surface area (TPSA) is 62.3 Å². The third-order valence-electron chi connectivity index (χ3n) is 4.16. The van der Waals surface area contributed by atoms with Gasteiger partial charge < -0.3 is 0 Å². The van der Waals surface area contributed by atoms with Gasteiger partial charge in [0.05, 0.1) is 11.4 Å². The molecule has 1 saturated heterocycles. The zero-order chi connectivity index (χ0) is 18.8. The van der Waals surface area contributed by atoms with E-state index in [0.717, 1.165) is 20.4 Å². The lowest BCUT2D eigenvalue weighted by molar-refractivity contribution is -0.117. The molecule has 0 unspecified atom stereocenters. The molecule has 1 aliphatic rings. The number of aromatic nitrogens is 1. The molecule has 1 aromatic heterocycles. The summed E-state index contributed by atoms with van der Waals surface area (Å²) in [7, 11) is 0. The number of anilines is 1. The Morgan fingerprint density at radius 1 is 0.926 bits per heavy atom. The number of halogens is 1. The molecule has 0 radical (unpaired) electrons. The summed E-state index contributed by atoms with van der Waals surface area (Å²) in [6, 6.07) is 20.7. The van der Waals surface area contributed by atoms with Crippen molar-refractivity contribution in [3.63, 3.8) is 0 Å². The van der Waals surface area contributed by atoms with E-state index < -0.39 is 5.91 Å². The summed E-state index contributed by atoms with van der Waals surface area (Å²) in [5.41, 5.74) is 5.97. The van der Waals surface area contributed by atoms with Gasteiger partial charge in [-0.05, 0) is 70.6 Å². The van der Waals surface area contributed by atoms with Crippen LogP contribution in [0.3, 0.4) is 0 Å². The van der Waals surface area contributed by atoms with E-state index >= 15 is 0 Å². The van der Waals surface area contributed by atoms with Gasteiger partial charge in [0.15, 0.2) is 0 Å². The summed E-state index contributed by atoms with van der Waals surface area (Å²) >= 11 is 2.19. The quantitative estimate of drug-likeness (QED) is 0.362. The van der Waals surface area contributed by atoms with Crippen LogP contribution in [0.1, 0.15) is 5.56 Å². The number of carbonyl (C=O) groups is 2. The van der Waals surface area contributed by atoms with Crippen molar-refractivity contribution in [1.29, 1.82) is 0 Å². The van der Waals surface area contributed by atoms with E-state index in [0.29, 0.717) is 5.69 Å². The highest BCUT2D eigenvalue weighted by Crippen LogP contribution is 2.23. The zero-order valence-corrected chi connectivity index (χ0v) is 16.3. The number of benzene rings is 2. The first-order valence-electron chi connectivity index (χ1n) is 8.26. The fourth-order valence-electron chi connectivity index (χ4n) is 2.78. The number of nitrogens with one attached hydrogen (secondary N) is 1. The molecule has 2 heterocycles. The lowest BCUT2D eigenvalue weighted by Crippen LogP contribution is -2.35. The summed E-state index contributed by atoms with van der Waals surface area (Å²) in [5.74, 6) is -0.776. The Labute approximate surface area is 169 Å². The molecule has 2 amide bonds. The van der Waals surface area contributed by atoms with Crippen LogP contribution in [-0.2, 0) is 9.59 Å². The molecular weight excluding hydrogens is 453 g/mol. The first-order valence-corrected chi connectivity index (χ1v) is 9.34. The Kier molecular flexibility index (Phi) is 4.72. The first-order chi connectivity index (χ1) is 13.1. The Morgan fingerprint density at radius 3 is 2.33 bits per heavy atom. The minimum atomic E-state index is -0.410. The number of hydrogen-bond donors (Lipinski definition) is 1. The summed E-state index contributed by atoms with van der Waals surface area (Å²) in [5, 5.41) is 1.27. The molecule has 27 heavy (non-hydrogen) atoms. The fourth-order valence-corrected chi connectivity index (χ4v) is 3.14. The molecule has 1 N–H and O–H groups in total. The fraction of sp³-hybridized carbons (Fsp3) is 0. The molecule has 2 aromatic carbocycles. The van der Waals surface area contributed by atoms with Gasteiger partial charge in [-0.3, -0.25) is 20.0 Å². The van der Waals surface area contributed by atoms with Crippen LogP contribution < -0.4 is 10.4 Å². The number of rotatable bonds is 3. The standard InChI is InChI=1S/C21H14IN3O2/c22-16-8-10-17(11-9-16)25-21(27)18(20(26)24-25)13-14-4-6-15(7-5-14)19-3-1-2-12-23-19/h1-13H,(H,24,26)/b18-13-. The molecule has 6 heteroatoms. The van der Waals surface area contributed by atoms with Crippen LogP contribution in [-0.4, -0.2) is 16.8 Å². The van der Waals surface area contributed by atoms with Crippen LogP contribution in [0.2, 0.25) is 0 Å². The molecular formula is C21H14IN3O2. The van der Waals surface area contributed by atoms with Gasteiger partial charge in [-0.1, -0.05) is 30.3 Å². The third-order valence-corrected chi connectivity index (χ3v) is 4.88. The van der Waals surface area contributed by atoms with E-state index in [1.807, 2.05) is 54.6 Å². The predicted molar refractivity (Wildman–Crippen MR) is 112 cm³/mol. The second kappa shape index (κ2) is 7.32. The highest BCUT2D eigenvalue weighted by molar-refractivity contribution is 14.1. The molecule has 1 aliphatic heterocycles. The first kappa shape index (κ1) is 17.4. The zero-order valence-electron chi connectivity index (χ0n) is 14.1. The molecule has 1 fully saturated rings. The maximum absolute atomic E-state index is 12.7. The summed E-state index contributed by atoms with van der Waals surface area (Å²) in [6.07, 6.45) is 3.35. The van der Waals surface area contributed by atoms with Gasteiger partial charge in [0.2, 0.25) is 0 Å². The van der Waals surface area contributed by atoms with Crippen LogP contribution in [0.25, 0.3) is 17.3 Å². The van der Waals surface area contributed by atoms with Crippen LogP contribution >= 0.6 is 22.6 Å². The van der Waals surface area contributed by atoms with Gasteiger partial charge in [0.1, 0.15) is 5.57 Å². The number of hydrogen-bond acceptors (Lipinski definition) is 3. The predicted octanol–water partition coefficient (Wildman–Crippen LogP) is 3.81. The van der Waals surface area contributed by atoms with E-state index in [9.17, 15) is 9.59 Å². The van der Waals surface area contributed by atoms with E-state index in [-0.39, 0.29) is 11.5 Å². The number of hydrazine groups is 1. The van der Waals surface area contributed by atoms with Crippen molar-refractivity contribution in [3.05, 3.63) is 87.6 Å². The van der Waals surface area contributed by atoms with Crippen LogP contribution in [0.4, 0.5) is 5.69 Å². The smallest absolute Gasteiger partial charge is 0.267 e. The SMILES string of the molecule is O=C1NN(c2ccc(I)cc2)C(=O)/C1=C\c1ccc(-c2ccccn2)cc1. The summed E-state index contributed by atoms with van der Waals surface area (Å²) in [4.78, 5) is 29.2. The molecule has 3 aromatic rings. The van der Waals surface area contributed by atoms with Crippen molar-refractivity contribution in [2.75, 3.05) is 5.01 Å². The van der Waals surface area contributed by atoms with Crippen molar-refractivity contribution >= 4 is 46.2 Å². The van der Waals surface area contributed by atoms with Gasteiger partial charge in [0, 0.05) is 15.3 Å². The maximum Gasteiger partial charge on any atom is 0.282 e. The number of nitrogens with zero attached hydrogens (tertiary/aromatic N) is 2. The van der Waals surface area contributed by atoms with Crippen LogP contribution in [0.15, 0.2) is 78.5 Å². The molecule has 5 nitrogen and oxygen atoms in total. The van der Waals surface area contributed by atoms with Gasteiger partial charge in [-0.15, -0.1) is 0 Å². The lowest BCUT2D eigenvalue weighted by Gasteiger charge is -2.14. The normalized spacial score (nSPS) is 15.3. The summed E-state index contributed by atoms with van der Waals surface area (Å²) < 4.78 is 1.05. The maximum atomic E-state index is 12.7. The average molecular weight is 467 g/mol. The highest BCUT2D eigenvalue weighted by atomic mass is 127. The molecule has 132 valence electrons. The van der Waals surface area contributed by atoms with Crippen molar-refractivity contribution in [1.82, 2.24) is 10.4 Å². The van der Waals surface area contributed by atoms with Gasteiger partial charge in [-0.2, -0.15) is 0 Å². The lowest BCUT2D eigenvalue weighted by atomic mass is 10.1. The third kappa shape index (κ3) is 3.61. The Hall–Kier alpha value is -3.00. The number of amides is 2. The van der Waals surface area contributed by atoms with Gasteiger partial charge in [-0.25, -0.2) is 5.01 Å². The minimum absolute atomic E-state index is 0.110. The molecule has 0 aliphatic carbocycles. The van der Waals surface area contributed by atoms with Crippen LogP contribution in [0.5, 0.6) is 0 Å². The monoisotopic (exact) mass is 467 g/mol.